The first-order chi connectivity index (χ1) is 25.0. The number of nitrogens with zero attached hydrogens (tertiary/aromatic N) is 2. The van der Waals surface area contributed by atoms with E-state index in [4.69, 9.17) is 17.2 Å². The molecular weight excluding hydrogens is 707 g/mol. The Morgan fingerprint density at radius 1 is 0.887 bits per heavy atom. The van der Waals surface area contributed by atoms with E-state index < -0.39 is 83.6 Å². The number of hydrogen-bond donors (Lipinski definition) is 9. The number of aliphatic imine (C=N–C) groups is 1. The highest BCUT2D eigenvalue weighted by Gasteiger charge is 2.39. The summed E-state index contributed by atoms with van der Waals surface area (Å²) in [6.07, 6.45) is 3.65. The fraction of sp³-hybridized carbons (Fsp3) is 0.629. The molecule has 1 fully saturated rings. The molecule has 0 bridgehead atoms. The van der Waals surface area contributed by atoms with Crippen molar-refractivity contribution in [3.05, 3.63) is 29.8 Å². The molecule has 0 aromatic heterocycles. The Morgan fingerprint density at radius 3 is 2.02 bits per heavy atom. The van der Waals surface area contributed by atoms with Gasteiger partial charge >= 0.3 is 5.97 Å². The van der Waals surface area contributed by atoms with E-state index in [1.54, 1.807) is 39.8 Å². The second-order valence-corrected chi connectivity index (χ2v) is 14.8. The molecule has 5 amide bonds. The third kappa shape index (κ3) is 14.4. The number of amides is 5. The molecule has 0 unspecified atom stereocenters. The summed E-state index contributed by atoms with van der Waals surface area (Å²) in [6.45, 7) is 7.40. The Kier molecular flexibility index (Phi) is 18.4. The lowest BCUT2D eigenvalue weighted by molar-refractivity contribution is -0.142. The smallest absolute Gasteiger partial charge is 0.326 e. The zero-order valence-corrected chi connectivity index (χ0v) is 32.0. The van der Waals surface area contributed by atoms with E-state index in [0.717, 1.165) is 0 Å². The number of thioether (sulfide) groups is 1. The van der Waals surface area contributed by atoms with Gasteiger partial charge in [0.2, 0.25) is 29.5 Å². The molecule has 53 heavy (non-hydrogen) atoms. The van der Waals surface area contributed by atoms with Crippen molar-refractivity contribution in [1.82, 2.24) is 26.2 Å². The number of aromatic hydroxyl groups is 1. The standard InChI is InChI=1S/C35H57N9O8S/c1-19(2)27(31(48)40-24(34(51)52)14-17-53-5)43-32(49)28(20(3)4)42-29(46)25(18-21-10-12-22(45)13-11-21)41-30(47)26-9-7-16-44(26)33(50)23(36)8-6-15-39-35(37)38/h10-13,19-20,23-28,45H,6-9,14-18,36H2,1-5H3,(H,40,48)(H,41,47)(H,42,46)(H,43,49)(H,51,52)(H4,37,38,39)/t23-,24-,25-,26-,27-,28-/m0/s1. The minimum absolute atomic E-state index is 0.00717. The summed E-state index contributed by atoms with van der Waals surface area (Å²) < 4.78 is 0. The highest BCUT2D eigenvalue weighted by atomic mass is 32.2. The maximum absolute atomic E-state index is 13.9. The van der Waals surface area contributed by atoms with Gasteiger partial charge in [-0.25, -0.2) is 4.79 Å². The number of likely N-dealkylation sites (tertiary alicyclic amines) is 1. The Bertz CT molecular complexity index is 1440. The molecule has 2 rings (SSSR count). The number of nitrogens with one attached hydrogen (secondary N) is 4. The van der Waals surface area contributed by atoms with E-state index in [0.29, 0.717) is 50.1 Å². The number of hydrogen-bond acceptors (Lipinski definition) is 10. The minimum atomic E-state index is -1.20. The van der Waals surface area contributed by atoms with Crippen LogP contribution < -0.4 is 38.5 Å². The first-order valence-electron chi connectivity index (χ1n) is 17.8. The summed E-state index contributed by atoms with van der Waals surface area (Å²) in [5.74, 6) is -4.66. The maximum atomic E-state index is 13.9. The SMILES string of the molecule is CSCC[C@H](NC(=O)[C@@H](NC(=O)[C@@H](NC(=O)[C@H](Cc1ccc(O)cc1)NC(=O)[C@@H]1CCCN1C(=O)[C@@H](N)CCCN=C(N)N)C(C)C)C(C)C)C(=O)O. The fourth-order valence-corrected chi connectivity index (χ4v) is 6.30. The van der Waals surface area contributed by atoms with Gasteiger partial charge < -0.3 is 53.6 Å². The maximum Gasteiger partial charge on any atom is 0.326 e. The number of carboxylic acid groups (broad SMARTS) is 1. The molecule has 0 saturated carbocycles. The van der Waals surface area contributed by atoms with Gasteiger partial charge in [0, 0.05) is 19.5 Å². The van der Waals surface area contributed by atoms with E-state index >= 15 is 0 Å². The number of rotatable bonds is 21. The normalized spacial score (nSPS) is 16.9. The molecule has 0 aliphatic carbocycles. The summed E-state index contributed by atoms with van der Waals surface area (Å²) >= 11 is 1.44. The summed E-state index contributed by atoms with van der Waals surface area (Å²) in [4.78, 5) is 84.9. The number of carbonyl (C=O) groups excluding carboxylic acids is 5. The van der Waals surface area contributed by atoms with E-state index in [9.17, 15) is 39.0 Å². The lowest BCUT2D eigenvalue weighted by atomic mass is 9.98. The predicted molar refractivity (Wildman–Crippen MR) is 202 cm³/mol. The molecule has 1 aliphatic rings. The molecule has 1 saturated heterocycles. The van der Waals surface area contributed by atoms with Gasteiger partial charge in [-0.05, 0) is 73.6 Å². The van der Waals surface area contributed by atoms with Gasteiger partial charge in [0.1, 0.15) is 36.0 Å². The van der Waals surface area contributed by atoms with Crippen LogP contribution in [0.2, 0.25) is 0 Å². The number of aliphatic carboxylic acids is 1. The Morgan fingerprint density at radius 2 is 1.47 bits per heavy atom. The molecule has 1 aromatic carbocycles. The largest absolute Gasteiger partial charge is 0.508 e. The number of phenolic OH excluding ortho intramolecular Hbond substituents is 1. The molecule has 1 aliphatic heterocycles. The van der Waals surface area contributed by atoms with Crippen LogP contribution in [0.15, 0.2) is 29.3 Å². The summed E-state index contributed by atoms with van der Waals surface area (Å²) in [7, 11) is 0. The molecular formula is C35H57N9O8S. The zero-order valence-electron chi connectivity index (χ0n) is 31.2. The van der Waals surface area contributed by atoms with E-state index in [1.807, 2.05) is 6.26 Å². The van der Waals surface area contributed by atoms with Crippen molar-refractivity contribution in [2.75, 3.05) is 25.1 Å². The lowest BCUT2D eigenvalue weighted by Crippen LogP contribution is -2.61. The molecule has 0 radical (unpaired) electrons. The summed E-state index contributed by atoms with van der Waals surface area (Å²) in [5.41, 5.74) is 17.5. The molecule has 18 heteroatoms. The van der Waals surface area contributed by atoms with Crippen molar-refractivity contribution < 1.29 is 39.0 Å². The third-order valence-corrected chi connectivity index (χ3v) is 9.50. The Hall–Kier alpha value is -4.58. The van der Waals surface area contributed by atoms with E-state index in [2.05, 4.69) is 26.3 Å². The average molecular weight is 764 g/mol. The number of carbonyl (C=O) groups is 6. The first kappa shape index (κ1) is 44.6. The van der Waals surface area contributed by atoms with E-state index in [1.165, 1.54) is 28.8 Å². The van der Waals surface area contributed by atoms with Crippen LogP contribution in [-0.2, 0) is 35.2 Å². The van der Waals surface area contributed by atoms with Gasteiger partial charge in [-0.15, -0.1) is 0 Å². The topological polar surface area (TPSA) is 285 Å². The number of nitrogens with two attached hydrogens (primary N) is 3. The highest BCUT2D eigenvalue weighted by molar-refractivity contribution is 7.98. The van der Waals surface area contributed by atoms with Crippen LogP contribution in [0.4, 0.5) is 0 Å². The van der Waals surface area contributed by atoms with Crippen LogP contribution in [0.1, 0.15) is 65.4 Å². The number of benzene rings is 1. The van der Waals surface area contributed by atoms with Gasteiger partial charge in [0.05, 0.1) is 6.04 Å². The van der Waals surface area contributed by atoms with Crippen molar-refractivity contribution >= 4 is 53.2 Å². The monoisotopic (exact) mass is 763 g/mol. The molecule has 6 atom stereocenters. The van der Waals surface area contributed by atoms with Crippen LogP contribution in [0, 0.1) is 11.8 Å². The highest BCUT2D eigenvalue weighted by Crippen LogP contribution is 2.20. The molecule has 1 aromatic rings. The lowest BCUT2D eigenvalue weighted by Gasteiger charge is -2.30. The van der Waals surface area contributed by atoms with E-state index in [-0.39, 0.29) is 24.6 Å². The van der Waals surface area contributed by atoms with Crippen LogP contribution in [-0.4, -0.2) is 118 Å². The molecule has 12 N–H and O–H groups in total. The molecule has 0 spiro atoms. The second-order valence-electron chi connectivity index (χ2n) is 13.8. The molecule has 1 heterocycles. The minimum Gasteiger partial charge on any atom is -0.508 e. The molecule has 296 valence electrons. The quantitative estimate of drug-likeness (QED) is 0.0431. The average Bonchev–Trinajstić information content (AvgIpc) is 3.59. The summed E-state index contributed by atoms with van der Waals surface area (Å²) in [6, 6.07) is -0.308. The van der Waals surface area contributed by atoms with Crippen molar-refractivity contribution in [1.29, 1.82) is 0 Å². The number of phenols is 1. The van der Waals surface area contributed by atoms with Gasteiger partial charge in [-0.1, -0.05) is 39.8 Å². The fourth-order valence-electron chi connectivity index (χ4n) is 5.83. The number of carboxylic acids is 1. The van der Waals surface area contributed by atoms with Crippen LogP contribution in [0.25, 0.3) is 0 Å². The number of guanidine groups is 1. The second kappa shape index (κ2) is 21.8. The van der Waals surface area contributed by atoms with Crippen molar-refractivity contribution in [3.63, 3.8) is 0 Å². The van der Waals surface area contributed by atoms with Crippen LogP contribution >= 0.6 is 11.8 Å². The zero-order chi connectivity index (χ0) is 39.8. The molecule has 17 nitrogen and oxygen atoms in total. The van der Waals surface area contributed by atoms with Gasteiger partial charge in [0.25, 0.3) is 0 Å². The summed E-state index contributed by atoms with van der Waals surface area (Å²) in [5, 5.41) is 30.1. The van der Waals surface area contributed by atoms with Gasteiger partial charge in [-0.2, -0.15) is 11.8 Å². The van der Waals surface area contributed by atoms with Gasteiger partial charge in [0.15, 0.2) is 5.96 Å². The van der Waals surface area contributed by atoms with Crippen molar-refractivity contribution in [3.8, 4) is 5.75 Å². The van der Waals surface area contributed by atoms with Crippen molar-refractivity contribution in [2.24, 2.45) is 34.0 Å². The van der Waals surface area contributed by atoms with Gasteiger partial charge in [-0.3, -0.25) is 29.0 Å². The van der Waals surface area contributed by atoms with Crippen LogP contribution in [0.5, 0.6) is 5.75 Å². The van der Waals surface area contributed by atoms with Crippen LogP contribution in [0.3, 0.4) is 0 Å². The predicted octanol–water partition coefficient (Wildman–Crippen LogP) is -0.604. The van der Waals surface area contributed by atoms with Crippen molar-refractivity contribution in [2.45, 2.75) is 102 Å². The Balaban J connectivity index is 2.26. The first-order valence-corrected chi connectivity index (χ1v) is 19.2. The third-order valence-electron chi connectivity index (χ3n) is 8.85. The Labute approximate surface area is 315 Å².